The monoisotopic (exact) mass is 358 g/mol. The summed E-state index contributed by atoms with van der Waals surface area (Å²) in [5, 5.41) is 20.1. The highest BCUT2D eigenvalue weighted by Gasteiger charge is 2.47. The van der Waals surface area contributed by atoms with Gasteiger partial charge >= 0.3 is 0 Å². The van der Waals surface area contributed by atoms with Crippen LogP contribution in [-0.4, -0.2) is 47.8 Å². The van der Waals surface area contributed by atoms with E-state index >= 15 is 0 Å². The van der Waals surface area contributed by atoms with Crippen LogP contribution in [0, 0.1) is 0 Å². The zero-order chi connectivity index (χ0) is 17.9. The highest BCUT2D eigenvalue weighted by molar-refractivity contribution is 5.18. The number of ether oxygens (including phenoxy) is 4. The predicted molar refractivity (Wildman–Crippen MR) is 92.0 cm³/mol. The highest BCUT2D eigenvalue weighted by atomic mass is 16.8. The summed E-state index contributed by atoms with van der Waals surface area (Å²) in [5.74, 6) is 0. The molecule has 0 radical (unpaired) electrons. The van der Waals surface area contributed by atoms with Crippen LogP contribution in [0.5, 0.6) is 0 Å². The smallest absolute Gasteiger partial charge is 0.184 e. The maximum absolute atomic E-state index is 10.4. The second-order valence-corrected chi connectivity index (χ2v) is 6.44. The number of rotatable bonds is 4. The average molecular weight is 358 g/mol. The van der Waals surface area contributed by atoms with Crippen molar-refractivity contribution in [2.24, 2.45) is 0 Å². The van der Waals surface area contributed by atoms with Crippen molar-refractivity contribution in [3.05, 3.63) is 71.8 Å². The molecule has 6 atom stereocenters. The first-order valence-electron chi connectivity index (χ1n) is 8.73. The Labute approximate surface area is 151 Å². The minimum atomic E-state index is -0.868. The Morgan fingerprint density at radius 2 is 1.35 bits per heavy atom. The molecule has 2 heterocycles. The Balaban J connectivity index is 1.52. The number of aliphatic hydroxyl groups excluding tert-OH is 2. The first-order chi connectivity index (χ1) is 12.8. The van der Waals surface area contributed by atoms with Gasteiger partial charge in [0.05, 0.1) is 13.2 Å². The molecule has 0 aliphatic carbocycles. The third-order valence-corrected chi connectivity index (χ3v) is 4.67. The van der Waals surface area contributed by atoms with E-state index in [1.807, 2.05) is 60.7 Å². The zero-order valence-corrected chi connectivity index (χ0v) is 14.2. The molecule has 4 rings (SSSR count). The molecule has 26 heavy (non-hydrogen) atoms. The van der Waals surface area contributed by atoms with Crippen molar-refractivity contribution < 1.29 is 29.2 Å². The van der Waals surface area contributed by atoms with Crippen LogP contribution in [0.2, 0.25) is 0 Å². The number of benzene rings is 2. The van der Waals surface area contributed by atoms with Crippen LogP contribution in [0.3, 0.4) is 0 Å². The number of hydrogen-bond acceptors (Lipinski definition) is 6. The Bertz CT molecular complexity index is 656. The second kappa shape index (κ2) is 7.84. The van der Waals surface area contributed by atoms with Crippen molar-refractivity contribution in [1.29, 1.82) is 0 Å². The molecule has 0 bridgehead atoms. The van der Waals surface area contributed by atoms with Gasteiger partial charge in [-0.25, -0.2) is 0 Å². The fourth-order valence-corrected chi connectivity index (χ4v) is 3.34. The van der Waals surface area contributed by atoms with Gasteiger partial charge in [-0.2, -0.15) is 0 Å². The third-order valence-electron chi connectivity index (χ3n) is 4.67. The lowest BCUT2D eigenvalue weighted by Gasteiger charge is -2.37. The van der Waals surface area contributed by atoms with Crippen LogP contribution >= 0.6 is 0 Å². The Hall–Kier alpha value is -1.80. The molecule has 2 aromatic rings. The first-order valence-corrected chi connectivity index (χ1v) is 8.73. The zero-order valence-electron chi connectivity index (χ0n) is 14.2. The minimum absolute atomic E-state index is 0.123. The largest absolute Gasteiger partial charge is 0.394 e. The molecule has 2 saturated heterocycles. The molecular formula is C20H22O6. The Kier molecular flexibility index (Phi) is 5.31. The van der Waals surface area contributed by atoms with Crippen molar-refractivity contribution >= 4 is 0 Å². The van der Waals surface area contributed by atoms with Crippen molar-refractivity contribution in [1.82, 2.24) is 0 Å². The van der Waals surface area contributed by atoms with Crippen LogP contribution in [0.4, 0.5) is 0 Å². The fourth-order valence-electron chi connectivity index (χ4n) is 3.34. The molecule has 2 unspecified atom stereocenters. The van der Waals surface area contributed by atoms with E-state index in [0.717, 1.165) is 11.1 Å². The van der Waals surface area contributed by atoms with Crippen molar-refractivity contribution in [3.63, 3.8) is 0 Å². The number of aliphatic hydroxyl groups is 2. The predicted octanol–water partition coefficient (Wildman–Crippen LogP) is 1.94. The Morgan fingerprint density at radius 3 is 1.96 bits per heavy atom. The van der Waals surface area contributed by atoms with Gasteiger partial charge in [-0.15, -0.1) is 0 Å². The average Bonchev–Trinajstić information content (AvgIpc) is 3.14. The van der Waals surface area contributed by atoms with Gasteiger partial charge in [-0.05, 0) is 0 Å². The maximum atomic E-state index is 10.4. The van der Waals surface area contributed by atoms with Gasteiger partial charge in [0.25, 0.3) is 0 Å². The van der Waals surface area contributed by atoms with Crippen LogP contribution in [0.25, 0.3) is 0 Å². The molecule has 2 fully saturated rings. The molecule has 6 nitrogen and oxygen atoms in total. The van der Waals surface area contributed by atoms with Crippen molar-refractivity contribution in [2.45, 2.75) is 37.0 Å². The van der Waals surface area contributed by atoms with Crippen LogP contribution < -0.4 is 0 Å². The maximum Gasteiger partial charge on any atom is 0.184 e. The van der Waals surface area contributed by atoms with Gasteiger partial charge < -0.3 is 29.2 Å². The van der Waals surface area contributed by atoms with E-state index in [1.165, 1.54) is 0 Å². The third kappa shape index (κ3) is 3.53. The molecule has 0 aromatic heterocycles. The van der Waals surface area contributed by atoms with Crippen LogP contribution in [0.15, 0.2) is 60.7 Å². The Morgan fingerprint density at radius 1 is 0.769 bits per heavy atom. The number of hydrogen-bond donors (Lipinski definition) is 2. The summed E-state index contributed by atoms with van der Waals surface area (Å²) in [7, 11) is 0. The molecule has 0 saturated carbocycles. The molecule has 2 aliphatic rings. The van der Waals surface area contributed by atoms with Gasteiger partial charge in [-0.3, -0.25) is 0 Å². The molecule has 2 aliphatic heterocycles. The van der Waals surface area contributed by atoms with Crippen molar-refractivity contribution in [2.75, 3.05) is 13.2 Å². The molecule has 6 heteroatoms. The van der Waals surface area contributed by atoms with E-state index in [0.29, 0.717) is 0 Å². The summed E-state index contributed by atoms with van der Waals surface area (Å²) in [6.07, 6.45) is -3.92. The molecule has 2 aromatic carbocycles. The molecule has 138 valence electrons. The molecule has 2 N–H and O–H groups in total. The van der Waals surface area contributed by atoms with Gasteiger partial charge in [0.1, 0.15) is 24.4 Å². The molecule has 0 spiro atoms. The van der Waals surface area contributed by atoms with Crippen molar-refractivity contribution in [3.8, 4) is 0 Å². The standard InChI is InChI=1S/C20H22O6/c21-11-16-18(26-20(24-16)14-9-5-2-6-10-14)17-15(22)12-23-19(25-17)13-7-3-1-4-8-13/h1-10,15-22H,11-12H2/t15-,16-,17-,18-,19?,20?/m1/s1. The van der Waals surface area contributed by atoms with E-state index < -0.39 is 37.0 Å². The summed E-state index contributed by atoms with van der Waals surface area (Å²) in [6.45, 7) is -0.102. The summed E-state index contributed by atoms with van der Waals surface area (Å²) in [5.41, 5.74) is 1.72. The molecular weight excluding hydrogens is 336 g/mol. The lowest BCUT2D eigenvalue weighted by molar-refractivity contribution is -0.279. The normalized spacial score (nSPS) is 34.7. The molecule has 0 amide bonds. The first kappa shape index (κ1) is 17.6. The SMILES string of the molecule is OC[C@H]1OC(c2ccccc2)O[C@H]1[C@@H]1OC(c2ccccc2)OC[C@H]1O. The topological polar surface area (TPSA) is 77.4 Å². The second-order valence-electron chi connectivity index (χ2n) is 6.44. The summed E-state index contributed by atoms with van der Waals surface area (Å²) in [6, 6.07) is 19.0. The summed E-state index contributed by atoms with van der Waals surface area (Å²) >= 11 is 0. The van der Waals surface area contributed by atoms with E-state index in [9.17, 15) is 10.2 Å². The minimum Gasteiger partial charge on any atom is -0.394 e. The van der Waals surface area contributed by atoms with E-state index in [-0.39, 0.29) is 13.2 Å². The fraction of sp³-hybridized carbons (Fsp3) is 0.400. The van der Waals surface area contributed by atoms with Gasteiger partial charge in [0.15, 0.2) is 12.6 Å². The van der Waals surface area contributed by atoms with E-state index in [1.54, 1.807) is 0 Å². The quantitative estimate of drug-likeness (QED) is 0.870. The lowest BCUT2D eigenvalue weighted by atomic mass is 10.0. The summed E-state index contributed by atoms with van der Waals surface area (Å²) < 4.78 is 23.5. The van der Waals surface area contributed by atoms with E-state index in [4.69, 9.17) is 18.9 Å². The van der Waals surface area contributed by atoms with E-state index in [2.05, 4.69) is 0 Å². The highest BCUT2D eigenvalue weighted by Crippen LogP contribution is 2.37. The van der Waals surface area contributed by atoms with Crippen LogP contribution in [0.1, 0.15) is 23.7 Å². The van der Waals surface area contributed by atoms with Gasteiger partial charge in [0, 0.05) is 11.1 Å². The van der Waals surface area contributed by atoms with Crippen LogP contribution in [-0.2, 0) is 18.9 Å². The van der Waals surface area contributed by atoms with Gasteiger partial charge in [-0.1, -0.05) is 60.7 Å². The lowest BCUT2D eigenvalue weighted by Crippen LogP contribution is -2.51. The summed E-state index contributed by atoms with van der Waals surface area (Å²) in [4.78, 5) is 0. The van der Waals surface area contributed by atoms with Gasteiger partial charge in [0.2, 0.25) is 0 Å².